The number of rotatable bonds is 6. The van der Waals surface area contributed by atoms with E-state index in [0.29, 0.717) is 6.54 Å². The molecule has 2 rings (SSSR count). The molecule has 2 amide bonds. The Bertz CT molecular complexity index is 522. The van der Waals surface area contributed by atoms with Crippen molar-refractivity contribution < 1.29 is 9.59 Å². The average molecular weight is 332 g/mol. The highest BCUT2D eigenvalue weighted by Crippen LogP contribution is 2.14. The molecule has 1 aliphatic heterocycles. The van der Waals surface area contributed by atoms with Crippen LogP contribution in [0.3, 0.4) is 0 Å². The van der Waals surface area contributed by atoms with Gasteiger partial charge in [0.05, 0.1) is 13.1 Å². The molecule has 0 atom stereocenters. The number of carbonyl (C=O) groups is 2. The molecule has 132 valence electrons. The number of likely N-dealkylation sites (tertiary alicyclic amines) is 1. The highest BCUT2D eigenvalue weighted by molar-refractivity contribution is 5.94. The first-order chi connectivity index (χ1) is 11.7. The lowest BCUT2D eigenvalue weighted by atomic mass is 10.1. The molecule has 0 unspecified atom stereocenters. The number of nitrogens with one attached hydrogen (secondary N) is 3. The highest BCUT2D eigenvalue weighted by atomic mass is 16.2. The van der Waals surface area contributed by atoms with E-state index in [0.717, 1.165) is 24.5 Å². The molecule has 6 nitrogen and oxygen atoms in total. The molecule has 1 fully saturated rings. The predicted molar refractivity (Wildman–Crippen MR) is 97.2 cm³/mol. The van der Waals surface area contributed by atoms with Crippen molar-refractivity contribution in [3.8, 4) is 0 Å². The van der Waals surface area contributed by atoms with Gasteiger partial charge in [-0.2, -0.15) is 0 Å². The van der Waals surface area contributed by atoms with Gasteiger partial charge in [-0.15, -0.1) is 0 Å². The first kappa shape index (κ1) is 18.4. The molecule has 1 aromatic carbocycles. The largest absolute Gasteiger partial charge is 0.325 e. The van der Waals surface area contributed by atoms with Crippen molar-refractivity contribution >= 4 is 23.2 Å². The molecule has 6 heteroatoms. The van der Waals surface area contributed by atoms with Crippen molar-refractivity contribution in [1.82, 2.24) is 10.2 Å². The van der Waals surface area contributed by atoms with Crippen LogP contribution in [0, 0.1) is 0 Å². The van der Waals surface area contributed by atoms with Gasteiger partial charge in [0.2, 0.25) is 11.8 Å². The summed E-state index contributed by atoms with van der Waals surface area (Å²) in [6.07, 6.45) is 6.19. The second-order valence-electron chi connectivity index (χ2n) is 6.25. The number of carbonyl (C=O) groups excluding carboxylic acids is 2. The van der Waals surface area contributed by atoms with Gasteiger partial charge in [-0.25, -0.2) is 0 Å². The summed E-state index contributed by atoms with van der Waals surface area (Å²) in [5.41, 5.74) is 1.47. The first-order valence-corrected chi connectivity index (χ1v) is 8.74. The van der Waals surface area contributed by atoms with Crippen LogP contribution in [-0.4, -0.2) is 49.9 Å². The molecule has 1 aromatic rings. The van der Waals surface area contributed by atoms with Crippen molar-refractivity contribution in [2.24, 2.45) is 0 Å². The Hall–Kier alpha value is -1.92. The fraction of sp³-hybridized carbons (Fsp3) is 0.556. The summed E-state index contributed by atoms with van der Waals surface area (Å²) in [5.74, 6) is -0.0751. The summed E-state index contributed by atoms with van der Waals surface area (Å²) in [6, 6.07) is 7.19. The summed E-state index contributed by atoms with van der Waals surface area (Å²) in [6.45, 7) is 2.72. The van der Waals surface area contributed by atoms with Gasteiger partial charge >= 0.3 is 0 Å². The number of hydrogen-bond donors (Lipinski definition) is 3. The monoisotopic (exact) mass is 332 g/mol. The minimum atomic E-state index is -0.0913. The second kappa shape index (κ2) is 10.1. The van der Waals surface area contributed by atoms with Crippen molar-refractivity contribution in [3.63, 3.8) is 0 Å². The molecule has 1 heterocycles. The highest BCUT2D eigenvalue weighted by Gasteiger charge is 2.12. The van der Waals surface area contributed by atoms with E-state index in [9.17, 15) is 9.59 Å². The number of nitrogens with zero attached hydrogens (tertiary/aromatic N) is 1. The third kappa shape index (κ3) is 6.68. The Labute approximate surface area is 144 Å². The van der Waals surface area contributed by atoms with Crippen molar-refractivity contribution in [1.29, 1.82) is 0 Å². The summed E-state index contributed by atoms with van der Waals surface area (Å²) in [5, 5.41) is 8.50. The molecule has 0 aliphatic carbocycles. The standard InChI is InChI=1S/C18H28N4O2/c1-19-13-17(23)20-15-7-9-16(10-8-15)21-18(24)14-22-11-5-3-2-4-6-12-22/h7-10,19H,2-6,11-14H2,1H3,(H,20,23)(H,21,24). The zero-order valence-electron chi connectivity index (χ0n) is 14.4. The maximum Gasteiger partial charge on any atom is 0.238 e. The van der Waals surface area contributed by atoms with E-state index in [1.165, 1.54) is 32.1 Å². The quantitative estimate of drug-likeness (QED) is 0.745. The van der Waals surface area contributed by atoms with Crippen molar-refractivity contribution in [3.05, 3.63) is 24.3 Å². The van der Waals surface area contributed by atoms with Gasteiger partial charge in [-0.3, -0.25) is 14.5 Å². The Morgan fingerprint density at radius 2 is 1.38 bits per heavy atom. The summed E-state index contributed by atoms with van der Waals surface area (Å²) >= 11 is 0. The number of amides is 2. The van der Waals surface area contributed by atoms with Gasteiger partial charge in [0.1, 0.15) is 0 Å². The van der Waals surface area contributed by atoms with Crippen molar-refractivity contribution in [2.75, 3.05) is 43.9 Å². The fourth-order valence-electron chi connectivity index (χ4n) is 2.88. The molecule has 0 spiro atoms. The van der Waals surface area contributed by atoms with Crippen LogP contribution in [0.25, 0.3) is 0 Å². The van der Waals surface area contributed by atoms with Gasteiger partial charge in [0.25, 0.3) is 0 Å². The van der Waals surface area contributed by atoms with E-state index in [4.69, 9.17) is 0 Å². The third-order valence-electron chi connectivity index (χ3n) is 4.11. The molecule has 0 aromatic heterocycles. The van der Waals surface area contributed by atoms with Crippen LogP contribution in [0.5, 0.6) is 0 Å². The van der Waals surface area contributed by atoms with Crippen molar-refractivity contribution in [2.45, 2.75) is 32.1 Å². The Balaban J connectivity index is 1.79. The lowest BCUT2D eigenvalue weighted by Gasteiger charge is -2.23. The van der Waals surface area contributed by atoms with E-state index >= 15 is 0 Å². The maximum atomic E-state index is 12.2. The van der Waals surface area contributed by atoms with Crippen LogP contribution < -0.4 is 16.0 Å². The normalized spacial score (nSPS) is 16.0. The van der Waals surface area contributed by atoms with Gasteiger partial charge in [-0.1, -0.05) is 19.3 Å². The van der Waals surface area contributed by atoms with E-state index in [1.54, 1.807) is 31.3 Å². The van der Waals surface area contributed by atoms with E-state index < -0.39 is 0 Å². The number of anilines is 2. The van der Waals surface area contributed by atoms with Crippen LogP contribution in [-0.2, 0) is 9.59 Å². The lowest BCUT2D eigenvalue weighted by molar-refractivity contribution is -0.117. The predicted octanol–water partition coefficient (Wildman–Crippen LogP) is 2.05. The molecule has 24 heavy (non-hydrogen) atoms. The molecular weight excluding hydrogens is 304 g/mol. The van der Waals surface area contributed by atoms with E-state index in [2.05, 4.69) is 20.9 Å². The van der Waals surface area contributed by atoms with Crippen LogP contribution in [0.4, 0.5) is 11.4 Å². The van der Waals surface area contributed by atoms with Gasteiger partial charge in [0.15, 0.2) is 0 Å². The topological polar surface area (TPSA) is 73.5 Å². The molecule has 0 bridgehead atoms. The Kier molecular flexibility index (Phi) is 7.71. The summed E-state index contributed by atoms with van der Waals surface area (Å²) in [7, 11) is 1.73. The molecular formula is C18H28N4O2. The minimum absolute atomic E-state index is 0.0162. The minimum Gasteiger partial charge on any atom is -0.325 e. The van der Waals surface area contributed by atoms with Crippen LogP contribution in [0.15, 0.2) is 24.3 Å². The van der Waals surface area contributed by atoms with Crippen LogP contribution in [0.2, 0.25) is 0 Å². The zero-order valence-corrected chi connectivity index (χ0v) is 14.4. The Morgan fingerprint density at radius 1 is 0.875 bits per heavy atom. The molecule has 0 radical (unpaired) electrons. The lowest BCUT2D eigenvalue weighted by Crippen LogP contribution is -2.35. The molecule has 0 saturated carbocycles. The summed E-state index contributed by atoms with van der Waals surface area (Å²) < 4.78 is 0. The Morgan fingerprint density at radius 3 is 1.92 bits per heavy atom. The summed E-state index contributed by atoms with van der Waals surface area (Å²) in [4.78, 5) is 25.9. The van der Waals surface area contributed by atoms with Gasteiger partial charge in [0, 0.05) is 11.4 Å². The number of hydrogen-bond acceptors (Lipinski definition) is 4. The van der Waals surface area contributed by atoms with Crippen LogP contribution in [0.1, 0.15) is 32.1 Å². The molecule has 1 saturated heterocycles. The van der Waals surface area contributed by atoms with Crippen LogP contribution >= 0.6 is 0 Å². The number of likely N-dealkylation sites (N-methyl/N-ethyl adjacent to an activating group) is 1. The molecule has 3 N–H and O–H groups in total. The number of benzene rings is 1. The fourth-order valence-corrected chi connectivity index (χ4v) is 2.88. The van der Waals surface area contributed by atoms with E-state index in [1.807, 2.05) is 0 Å². The third-order valence-corrected chi connectivity index (χ3v) is 4.11. The van der Waals surface area contributed by atoms with Gasteiger partial charge < -0.3 is 16.0 Å². The SMILES string of the molecule is CNCC(=O)Nc1ccc(NC(=O)CN2CCCCCCC2)cc1. The average Bonchev–Trinajstić information content (AvgIpc) is 2.52. The first-order valence-electron chi connectivity index (χ1n) is 8.74. The van der Waals surface area contributed by atoms with E-state index in [-0.39, 0.29) is 18.4 Å². The second-order valence-corrected chi connectivity index (χ2v) is 6.25. The molecule has 1 aliphatic rings. The smallest absolute Gasteiger partial charge is 0.238 e. The van der Waals surface area contributed by atoms with Gasteiger partial charge in [-0.05, 0) is 57.2 Å². The maximum absolute atomic E-state index is 12.2. The zero-order chi connectivity index (χ0) is 17.2.